The lowest BCUT2D eigenvalue weighted by atomic mass is 9.92. The number of carbonyl (C=O) groups is 4. The van der Waals surface area contributed by atoms with Crippen molar-refractivity contribution in [2.45, 2.75) is 76.7 Å². The Balaban J connectivity index is 1.28. The Labute approximate surface area is 277 Å². The van der Waals surface area contributed by atoms with Crippen molar-refractivity contribution in [1.82, 2.24) is 20.2 Å². The molecule has 0 aliphatic carbocycles. The first-order valence-corrected chi connectivity index (χ1v) is 16.0. The quantitative estimate of drug-likeness (QED) is 0.125. The van der Waals surface area contributed by atoms with Crippen LogP contribution in [0.4, 0.5) is 0 Å². The molecule has 2 heterocycles. The van der Waals surface area contributed by atoms with Gasteiger partial charge in [-0.2, -0.15) is 0 Å². The summed E-state index contributed by atoms with van der Waals surface area (Å²) < 4.78 is 18.0. The summed E-state index contributed by atoms with van der Waals surface area (Å²) in [5, 5.41) is 7.19. The van der Waals surface area contributed by atoms with E-state index in [2.05, 4.69) is 15.6 Å². The number of amides is 2. The summed E-state index contributed by atoms with van der Waals surface area (Å²) in [6.07, 6.45) is 3.07. The number of Topliss-reactive ketones (excluding diaryl/α,β-unsaturated/α-hetero) is 1. The first-order valence-electron chi connectivity index (χ1n) is 16.0. The predicted molar refractivity (Wildman–Crippen MR) is 179 cm³/mol. The van der Waals surface area contributed by atoms with Crippen LogP contribution in [0.1, 0.15) is 75.6 Å². The van der Waals surface area contributed by atoms with Gasteiger partial charge in [0.1, 0.15) is 23.9 Å². The van der Waals surface area contributed by atoms with Crippen LogP contribution in [0.3, 0.4) is 0 Å². The van der Waals surface area contributed by atoms with Crippen LogP contribution in [0, 0.1) is 0 Å². The first-order chi connectivity index (χ1) is 23.0. The van der Waals surface area contributed by atoms with Crippen molar-refractivity contribution in [1.29, 1.82) is 0 Å². The fourth-order valence-corrected chi connectivity index (χ4v) is 5.50. The number of esters is 1. The first kappa shape index (κ1) is 35.8. The Bertz CT molecular complexity index is 1790. The average molecular weight is 663 g/mol. The average Bonchev–Trinajstić information content (AvgIpc) is 3.49. The molecule has 1 saturated heterocycles. The van der Waals surface area contributed by atoms with Crippen molar-refractivity contribution >= 4 is 40.4 Å². The smallest absolute Gasteiger partial charge is 0.330 e. The molecule has 13 nitrogen and oxygen atoms in total. The van der Waals surface area contributed by atoms with Gasteiger partial charge in [-0.05, 0) is 47.4 Å². The summed E-state index contributed by atoms with van der Waals surface area (Å²) in [5.41, 5.74) is -0.435. The van der Waals surface area contributed by atoms with Crippen LogP contribution in [0.2, 0.25) is 0 Å². The zero-order chi connectivity index (χ0) is 34.8. The van der Waals surface area contributed by atoms with Crippen LogP contribution >= 0.6 is 0 Å². The van der Waals surface area contributed by atoms with E-state index in [0.29, 0.717) is 12.8 Å². The summed E-state index contributed by atoms with van der Waals surface area (Å²) in [6.45, 7) is 3.97. The van der Waals surface area contributed by atoms with Gasteiger partial charge in [-0.3, -0.25) is 33.5 Å². The van der Waals surface area contributed by atoms with Gasteiger partial charge < -0.3 is 24.8 Å². The largest absolute Gasteiger partial charge is 0.497 e. The maximum absolute atomic E-state index is 12.9. The summed E-state index contributed by atoms with van der Waals surface area (Å²) >= 11 is 0. The molecule has 1 aromatic heterocycles. The third-order valence-corrected chi connectivity index (χ3v) is 8.37. The fourth-order valence-electron chi connectivity index (χ4n) is 5.50. The lowest BCUT2D eigenvalue weighted by molar-refractivity contribution is -0.153. The molecule has 1 aliphatic heterocycles. The van der Waals surface area contributed by atoms with Crippen LogP contribution in [0.5, 0.6) is 5.75 Å². The van der Waals surface area contributed by atoms with Gasteiger partial charge in [0.15, 0.2) is 0 Å². The molecule has 2 amide bonds. The third-order valence-electron chi connectivity index (χ3n) is 8.37. The van der Waals surface area contributed by atoms with Gasteiger partial charge in [-0.15, -0.1) is 0 Å². The molecule has 0 radical (unpaired) electrons. The number of aromatic amines is 1. The fraction of sp³-hybridized carbons (Fsp3) is 0.429. The third kappa shape index (κ3) is 9.28. The topological polar surface area (TPSA) is 175 Å². The number of rotatable bonds is 15. The second-order valence-corrected chi connectivity index (χ2v) is 11.6. The minimum atomic E-state index is -0.824. The molecule has 3 aromatic rings. The Morgan fingerprint density at radius 2 is 1.83 bits per heavy atom. The van der Waals surface area contributed by atoms with E-state index in [1.165, 1.54) is 30.0 Å². The van der Waals surface area contributed by atoms with E-state index in [9.17, 15) is 28.8 Å². The highest BCUT2D eigenvalue weighted by molar-refractivity contribution is 5.92. The molecule has 4 rings (SSSR count). The number of methoxy groups -OCH3 is 1. The van der Waals surface area contributed by atoms with E-state index in [1.807, 2.05) is 50.2 Å². The van der Waals surface area contributed by atoms with Crippen molar-refractivity contribution < 1.29 is 33.4 Å². The summed E-state index contributed by atoms with van der Waals surface area (Å²) in [4.78, 5) is 76.4. The maximum atomic E-state index is 12.9. The van der Waals surface area contributed by atoms with E-state index in [4.69, 9.17) is 14.2 Å². The standard InChI is InChI=1S/C35H42N4O9/c1-5-28-29(48-33(43)15-14-30(41)36-3)19-32(47-28)39-20-25(34(44)38-35(39)45)11-13-31(42)37-16-6-7-27(40)21(2)22-8-9-24-18-26(46-4)12-10-23(24)17-22/h8-13,17-18,20-21,28-29,32H,5-7,14-16,19H2,1-4H3,(H,36,41)(H,37,42)(H,38,44,45)/b13-11+/t21-,28+,29+,32+/m0/s1. The van der Waals surface area contributed by atoms with E-state index < -0.39 is 41.6 Å². The van der Waals surface area contributed by atoms with Gasteiger partial charge >= 0.3 is 11.7 Å². The molecular weight excluding hydrogens is 620 g/mol. The number of H-pyrrole nitrogens is 1. The number of benzene rings is 2. The molecule has 0 unspecified atom stereocenters. The number of ketones is 1. The molecular formula is C35H42N4O9. The van der Waals surface area contributed by atoms with Crippen molar-refractivity contribution in [3.63, 3.8) is 0 Å². The van der Waals surface area contributed by atoms with Crippen LogP contribution < -0.4 is 26.6 Å². The molecule has 256 valence electrons. The zero-order valence-electron chi connectivity index (χ0n) is 27.6. The van der Waals surface area contributed by atoms with E-state index in [-0.39, 0.29) is 55.4 Å². The van der Waals surface area contributed by atoms with Gasteiger partial charge in [-0.25, -0.2) is 4.79 Å². The normalized spacial score (nSPS) is 18.0. The molecule has 2 aromatic carbocycles. The number of nitrogens with zero attached hydrogens (tertiary/aromatic N) is 1. The number of carbonyl (C=O) groups excluding carboxylic acids is 4. The SMILES string of the molecule is CC[C@H]1O[C@@H](n2cc(/C=C/C(=O)NCCCC(=O)[C@@H](C)c3ccc4cc(OC)ccc4c3)c(=O)[nH]c2=O)C[C@H]1OC(=O)CCC(=O)NC. The number of hydrogen-bond donors (Lipinski definition) is 3. The van der Waals surface area contributed by atoms with Crippen LogP contribution in [-0.2, 0) is 28.7 Å². The van der Waals surface area contributed by atoms with Crippen molar-refractivity contribution in [3.05, 3.63) is 80.6 Å². The summed E-state index contributed by atoms with van der Waals surface area (Å²) in [7, 11) is 3.10. The van der Waals surface area contributed by atoms with Gasteiger partial charge in [0.2, 0.25) is 11.8 Å². The molecule has 1 fully saturated rings. The number of hydrogen-bond acceptors (Lipinski definition) is 9. The highest BCUT2D eigenvalue weighted by atomic mass is 16.6. The molecule has 0 spiro atoms. The second-order valence-electron chi connectivity index (χ2n) is 11.6. The zero-order valence-corrected chi connectivity index (χ0v) is 27.6. The van der Waals surface area contributed by atoms with Crippen molar-refractivity contribution in [2.24, 2.45) is 0 Å². The lowest BCUT2D eigenvalue weighted by Crippen LogP contribution is -2.33. The minimum Gasteiger partial charge on any atom is -0.497 e. The number of ether oxygens (including phenoxy) is 3. The molecule has 0 saturated carbocycles. The highest BCUT2D eigenvalue weighted by Gasteiger charge is 2.38. The van der Waals surface area contributed by atoms with Gasteiger partial charge in [0.25, 0.3) is 5.56 Å². The molecule has 48 heavy (non-hydrogen) atoms. The van der Waals surface area contributed by atoms with Crippen molar-refractivity contribution in [2.75, 3.05) is 20.7 Å². The van der Waals surface area contributed by atoms with E-state index in [0.717, 1.165) is 22.1 Å². The van der Waals surface area contributed by atoms with Gasteiger partial charge in [-0.1, -0.05) is 38.1 Å². The Morgan fingerprint density at radius 1 is 1.08 bits per heavy atom. The van der Waals surface area contributed by atoms with Gasteiger partial charge in [0, 0.05) is 51.0 Å². The molecule has 4 atom stereocenters. The maximum Gasteiger partial charge on any atom is 0.330 e. The summed E-state index contributed by atoms with van der Waals surface area (Å²) in [6, 6.07) is 11.7. The van der Waals surface area contributed by atoms with Crippen LogP contribution in [-0.4, -0.2) is 66.0 Å². The Kier molecular flexibility index (Phi) is 12.4. The Hall–Kier alpha value is -5.04. The van der Waals surface area contributed by atoms with Crippen LogP contribution in [0.15, 0.2) is 58.3 Å². The molecule has 1 aliphatic rings. The van der Waals surface area contributed by atoms with E-state index in [1.54, 1.807) is 7.11 Å². The number of fused-ring (bicyclic) bond motifs is 1. The Morgan fingerprint density at radius 3 is 2.56 bits per heavy atom. The predicted octanol–water partition coefficient (Wildman–Crippen LogP) is 3.12. The van der Waals surface area contributed by atoms with Gasteiger partial charge in [0.05, 0.1) is 25.2 Å². The van der Waals surface area contributed by atoms with Crippen LogP contribution in [0.25, 0.3) is 16.8 Å². The monoisotopic (exact) mass is 662 g/mol. The highest BCUT2D eigenvalue weighted by Crippen LogP contribution is 2.32. The summed E-state index contributed by atoms with van der Waals surface area (Å²) in [5.74, 6) is -0.787. The number of nitrogens with one attached hydrogen (secondary N) is 3. The molecule has 0 bridgehead atoms. The molecule has 3 N–H and O–H groups in total. The lowest BCUT2D eigenvalue weighted by Gasteiger charge is -2.17. The second kappa shape index (κ2) is 16.7. The van der Waals surface area contributed by atoms with E-state index >= 15 is 0 Å². The minimum absolute atomic E-state index is 0.00788. The van der Waals surface area contributed by atoms with Crippen molar-refractivity contribution in [3.8, 4) is 5.75 Å². The number of aromatic nitrogens is 2. The molecule has 13 heteroatoms.